The molecular weight excluding hydrogens is 127 g/mol. The number of aliphatic hydroxyl groups excluding tert-OH is 2. The summed E-state index contributed by atoms with van der Waals surface area (Å²) in [5.41, 5.74) is 0. The molecule has 0 saturated heterocycles. The Morgan fingerprint density at radius 3 is 1.44 bits per heavy atom. The van der Waals surface area contributed by atoms with Gasteiger partial charge in [0.05, 0.1) is 12.2 Å². The molecule has 2 atom stereocenters. The van der Waals surface area contributed by atoms with Crippen LogP contribution in [0, 0.1) is 0 Å². The topological polar surface area (TPSA) is 40.5 Å². The van der Waals surface area contributed by atoms with Crippen molar-refractivity contribution >= 4 is 29.6 Å². The van der Waals surface area contributed by atoms with Crippen LogP contribution in [0.3, 0.4) is 0 Å². The fourth-order valence-corrected chi connectivity index (χ4v) is 1.09. The van der Waals surface area contributed by atoms with Crippen molar-refractivity contribution < 1.29 is 10.2 Å². The maximum atomic E-state index is 8.93. The molecule has 0 amide bonds. The van der Waals surface area contributed by atoms with E-state index in [1.165, 1.54) is 0 Å². The van der Waals surface area contributed by atoms with Gasteiger partial charge in [0.2, 0.25) is 0 Å². The Hall–Kier alpha value is 0.920. The zero-order valence-electron chi connectivity index (χ0n) is 5.88. The SMILES string of the molecule is OC1CCCCC1O.[Na]. The van der Waals surface area contributed by atoms with Crippen molar-refractivity contribution in [3.63, 3.8) is 0 Å². The molecule has 3 heteroatoms. The van der Waals surface area contributed by atoms with E-state index in [2.05, 4.69) is 0 Å². The predicted molar refractivity (Wildman–Crippen MR) is 36.2 cm³/mol. The van der Waals surface area contributed by atoms with E-state index in [0.717, 1.165) is 25.7 Å². The molecule has 1 aliphatic carbocycles. The monoisotopic (exact) mass is 139 g/mol. The Labute approximate surface area is 77.6 Å². The Balaban J connectivity index is 0.000000640. The molecule has 1 rings (SSSR count). The molecular formula is C6H12NaO2. The summed E-state index contributed by atoms with van der Waals surface area (Å²) in [6.45, 7) is 0. The molecule has 0 aromatic rings. The van der Waals surface area contributed by atoms with Gasteiger partial charge >= 0.3 is 0 Å². The second kappa shape index (κ2) is 4.69. The zero-order chi connectivity index (χ0) is 5.98. The molecule has 2 N–H and O–H groups in total. The molecule has 9 heavy (non-hydrogen) atoms. The Bertz CT molecular complexity index is 67.5. The van der Waals surface area contributed by atoms with Crippen LogP contribution in [0.5, 0.6) is 0 Å². The van der Waals surface area contributed by atoms with Crippen molar-refractivity contribution in [3.8, 4) is 0 Å². The van der Waals surface area contributed by atoms with E-state index in [1.54, 1.807) is 0 Å². The van der Waals surface area contributed by atoms with Gasteiger partial charge in [-0.1, -0.05) is 12.8 Å². The Morgan fingerprint density at radius 2 is 1.22 bits per heavy atom. The molecule has 1 fully saturated rings. The van der Waals surface area contributed by atoms with Crippen LogP contribution in [0.25, 0.3) is 0 Å². The van der Waals surface area contributed by atoms with Gasteiger partial charge < -0.3 is 10.2 Å². The van der Waals surface area contributed by atoms with E-state index < -0.39 is 12.2 Å². The van der Waals surface area contributed by atoms with Gasteiger partial charge in [-0.05, 0) is 12.8 Å². The maximum Gasteiger partial charge on any atom is 0.0799 e. The van der Waals surface area contributed by atoms with E-state index in [9.17, 15) is 0 Å². The molecule has 0 bridgehead atoms. The first-order chi connectivity index (χ1) is 3.80. The minimum Gasteiger partial charge on any atom is -0.390 e. The van der Waals surface area contributed by atoms with Crippen molar-refractivity contribution in [1.82, 2.24) is 0 Å². The van der Waals surface area contributed by atoms with Crippen molar-refractivity contribution in [2.75, 3.05) is 0 Å². The first-order valence-corrected chi connectivity index (χ1v) is 3.17. The van der Waals surface area contributed by atoms with Crippen LogP contribution in [0.1, 0.15) is 25.7 Å². The fraction of sp³-hybridized carbons (Fsp3) is 1.00. The largest absolute Gasteiger partial charge is 0.390 e. The number of rotatable bonds is 0. The van der Waals surface area contributed by atoms with Crippen LogP contribution in [-0.2, 0) is 0 Å². The Morgan fingerprint density at radius 1 is 0.889 bits per heavy atom. The van der Waals surface area contributed by atoms with Crippen molar-refractivity contribution in [1.29, 1.82) is 0 Å². The summed E-state index contributed by atoms with van der Waals surface area (Å²) in [4.78, 5) is 0. The van der Waals surface area contributed by atoms with E-state index in [-0.39, 0.29) is 29.6 Å². The van der Waals surface area contributed by atoms with E-state index in [0.29, 0.717) is 0 Å². The second-order valence-corrected chi connectivity index (χ2v) is 2.42. The molecule has 1 radical (unpaired) electrons. The summed E-state index contributed by atoms with van der Waals surface area (Å²) in [6.07, 6.45) is 2.81. The minimum atomic E-state index is -0.441. The molecule has 1 aliphatic rings. The first-order valence-electron chi connectivity index (χ1n) is 3.17. The van der Waals surface area contributed by atoms with Gasteiger partial charge in [0.25, 0.3) is 0 Å². The van der Waals surface area contributed by atoms with Gasteiger partial charge in [0, 0.05) is 29.6 Å². The fourth-order valence-electron chi connectivity index (χ4n) is 1.09. The summed E-state index contributed by atoms with van der Waals surface area (Å²) < 4.78 is 0. The van der Waals surface area contributed by atoms with E-state index >= 15 is 0 Å². The third kappa shape index (κ3) is 3.01. The normalized spacial score (nSPS) is 35.3. The average Bonchev–Trinajstić information content (AvgIpc) is 1.77. The van der Waals surface area contributed by atoms with Gasteiger partial charge in [0.15, 0.2) is 0 Å². The quantitative estimate of drug-likeness (QED) is 0.460. The summed E-state index contributed by atoms with van der Waals surface area (Å²) >= 11 is 0. The van der Waals surface area contributed by atoms with Crippen LogP contribution in [0.2, 0.25) is 0 Å². The third-order valence-electron chi connectivity index (χ3n) is 1.69. The van der Waals surface area contributed by atoms with Crippen molar-refractivity contribution in [2.24, 2.45) is 0 Å². The van der Waals surface area contributed by atoms with Gasteiger partial charge in [-0.15, -0.1) is 0 Å². The molecule has 2 unspecified atom stereocenters. The maximum absolute atomic E-state index is 8.93. The summed E-state index contributed by atoms with van der Waals surface area (Å²) in [7, 11) is 0. The first kappa shape index (κ1) is 9.92. The Kier molecular flexibility index (Phi) is 5.17. The second-order valence-electron chi connectivity index (χ2n) is 2.42. The van der Waals surface area contributed by atoms with Gasteiger partial charge in [0.1, 0.15) is 0 Å². The molecule has 1 saturated carbocycles. The summed E-state index contributed by atoms with van der Waals surface area (Å²) in [5.74, 6) is 0. The number of hydrogen-bond acceptors (Lipinski definition) is 2. The zero-order valence-corrected chi connectivity index (χ0v) is 7.88. The van der Waals surface area contributed by atoms with Crippen LogP contribution in [0.15, 0.2) is 0 Å². The molecule has 0 aromatic carbocycles. The molecule has 0 aliphatic heterocycles. The minimum absolute atomic E-state index is 0. The van der Waals surface area contributed by atoms with Crippen LogP contribution >= 0.6 is 0 Å². The van der Waals surface area contributed by atoms with Crippen LogP contribution in [0.4, 0.5) is 0 Å². The van der Waals surface area contributed by atoms with Crippen molar-refractivity contribution in [3.05, 3.63) is 0 Å². The van der Waals surface area contributed by atoms with Crippen LogP contribution in [-0.4, -0.2) is 52.0 Å². The van der Waals surface area contributed by atoms with Gasteiger partial charge in [-0.3, -0.25) is 0 Å². The molecule has 0 aromatic heterocycles. The third-order valence-corrected chi connectivity index (χ3v) is 1.69. The summed E-state index contributed by atoms with van der Waals surface area (Å²) in [5, 5.41) is 17.9. The predicted octanol–water partition coefficient (Wildman–Crippen LogP) is -0.0986. The van der Waals surface area contributed by atoms with Gasteiger partial charge in [-0.25, -0.2) is 0 Å². The summed E-state index contributed by atoms with van der Waals surface area (Å²) in [6, 6.07) is 0. The molecule has 49 valence electrons. The van der Waals surface area contributed by atoms with E-state index in [4.69, 9.17) is 10.2 Å². The molecule has 2 nitrogen and oxygen atoms in total. The molecule has 0 spiro atoms. The standard InChI is InChI=1S/C6H12O2.Na/c7-5-3-1-2-4-6(5)8;/h5-8H,1-4H2;. The van der Waals surface area contributed by atoms with Crippen LogP contribution < -0.4 is 0 Å². The van der Waals surface area contributed by atoms with E-state index in [1.807, 2.05) is 0 Å². The average molecular weight is 139 g/mol. The number of aliphatic hydroxyl groups is 2. The van der Waals surface area contributed by atoms with Crippen molar-refractivity contribution in [2.45, 2.75) is 37.9 Å². The molecule has 0 heterocycles. The smallest absolute Gasteiger partial charge is 0.0799 e. The number of hydrogen-bond donors (Lipinski definition) is 2. The van der Waals surface area contributed by atoms with Gasteiger partial charge in [-0.2, -0.15) is 0 Å².